The Morgan fingerprint density at radius 3 is 2.69 bits per heavy atom. The predicted octanol–water partition coefficient (Wildman–Crippen LogP) is 1.79. The van der Waals surface area contributed by atoms with Gasteiger partial charge in [-0.15, -0.1) is 0 Å². The molecule has 2 aliphatic rings. The zero-order chi connectivity index (χ0) is 20.6. The highest BCUT2D eigenvalue weighted by atomic mass is 19.4. The fraction of sp³-hybridized carbons (Fsp3) is 0.556. The van der Waals surface area contributed by atoms with Gasteiger partial charge in [0, 0.05) is 38.7 Å². The number of halogens is 3. The molecule has 0 unspecified atom stereocenters. The number of carbonyl (C=O) groups excluding carboxylic acids is 1. The second-order valence-corrected chi connectivity index (χ2v) is 7.29. The van der Waals surface area contributed by atoms with Crippen LogP contribution in [0.25, 0.3) is 0 Å². The highest BCUT2D eigenvalue weighted by Gasteiger charge is 2.33. The first-order valence-corrected chi connectivity index (χ1v) is 9.44. The molecule has 0 atom stereocenters. The van der Waals surface area contributed by atoms with Crippen molar-refractivity contribution in [1.29, 1.82) is 0 Å². The number of aromatic nitrogens is 4. The van der Waals surface area contributed by atoms with Crippen molar-refractivity contribution in [2.45, 2.75) is 38.5 Å². The number of alkyl halides is 3. The minimum absolute atomic E-state index is 0.0765. The van der Waals surface area contributed by atoms with Gasteiger partial charge >= 0.3 is 6.18 Å². The second kappa shape index (κ2) is 7.53. The normalized spacial score (nSPS) is 17.7. The first-order chi connectivity index (χ1) is 13.8. The molecule has 2 aliphatic heterocycles. The van der Waals surface area contributed by atoms with Gasteiger partial charge in [-0.3, -0.25) is 14.2 Å². The van der Waals surface area contributed by atoms with E-state index in [1.54, 1.807) is 9.58 Å². The molecule has 0 N–H and O–H groups in total. The smallest absolute Gasteiger partial charge is 0.433 e. The average molecular weight is 411 g/mol. The SMILES string of the molecule is O=C(c1cnn2c1OCCC2)N1CCC(Cn2cnc(C(F)(F)F)cc2=O)CC1. The number of aryl methyl sites for hydroxylation is 1. The van der Waals surface area contributed by atoms with E-state index in [9.17, 15) is 22.8 Å². The first-order valence-electron chi connectivity index (χ1n) is 9.44. The Morgan fingerprint density at radius 1 is 1.24 bits per heavy atom. The van der Waals surface area contributed by atoms with Crippen LogP contribution in [0, 0.1) is 5.92 Å². The van der Waals surface area contributed by atoms with Crippen LogP contribution >= 0.6 is 0 Å². The molecule has 29 heavy (non-hydrogen) atoms. The summed E-state index contributed by atoms with van der Waals surface area (Å²) in [5.74, 6) is 0.443. The molecule has 8 nitrogen and oxygen atoms in total. The van der Waals surface area contributed by atoms with Crippen LogP contribution in [0.3, 0.4) is 0 Å². The van der Waals surface area contributed by atoms with Crippen molar-refractivity contribution in [3.05, 3.63) is 40.2 Å². The number of fused-ring (bicyclic) bond motifs is 1. The average Bonchev–Trinajstić information content (AvgIpc) is 3.13. The lowest BCUT2D eigenvalue weighted by molar-refractivity contribution is -0.141. The summed E-state index contributed by atoms with van der Waals surface area (Å²) in [6.07, 6.45) is -0.0264. The van der Waals surface area contributed by atoms with Crippen LogP contribution in [0.2, 0.25) is 0 Å². The molecule has 4 rings (SSSR count). The van der Waals surface area contributed by atoms with Gasteiger partial charge in [0.25, 0.3) is 11.5 Å². The lowest BCUT2D eigenvalue weighted by atomic mass is 9.96. The number of hydrogen-bond acceptors (Lipinski definition) is 5. The van der Waals surface area contributed by atoms with Crippen molar-refractivity contribution in [2.75, 3.05) is 19.7 Å². The van der Waals surface area contributed by atoms with Crippen molar-refractivity contribution < 1.29 is 22.7 Å². The maximum atomic E-state index is 12.8. The van der Waals surface area contributed by atoms with Crippen LogP contribution in [0.1, 0.15) is 35.3 Å². The van der Waals surface area contributed by atoms with Gasteiger partial charge in [-0.1, -0.05) is 0 Å². The Bertz CT molecular complexity index is 960. The van der Waals surface area contributed by atoms with Crippen LogP contribution in [0.15, 0.2) is 23.4 Å². The van der Waals surface area contributed by atoms with Crippen LogP contribution in [0.4, 0.5) is 13.2 Å². The fourth-order valence-corrected chi connectivity index (χ4v) is 3.70. The molecule has 156 valence electrons. The Hall–Kier alpha value is -2.85. The zero-order valence-electron chi connectivity index (χ0n) is 15.6. The maximum absolute atomic E-state index is 12.8. The van der Waals surface area contributed by atoms with Gasteiger partial charge < -0.3 is 9.64 Å². The third-order valence-corrected chi connectivity index (χ3v) is 5.30. The highest BCUT2D eigenvalue weighted by molar-refractivity contribution is 5.96. The minimum atomic E-state index is -4.64. The van der Waals surface area contributed by atoms with Gasteiger partial charge in [0.05, 0.1) is 19.1 Å². The Labute approximate surface area is 163 Å². The number of rotatable bonds is 3. The van der Waals surface area contributed by atoms with Gasteiger partial charge in [-0.2, -0.15) is 18.3 Å². The van der Waals surface area contributed by atoms with Gasteiger partial charge in [0.1, 0.15) is 5.56 Å². The molecule has 1 fully saturated rings. The summed E-state index contributed by atoms with van der Waals surface area (Å²) in [5.41, 5.74) is -1.47. The summed E-state index contributed by atoms with van der Waals surface area (Å²) in [5, 5.41) is 4.20. The van der Waals surface area contributed by atoms with Crippen molar-refractivity contribution in [3.8, 4) is 5.88 Å². The molecule has 1 saturated heterocycles. The monoisotopic (exact) mass is 411 g/mol. The van der Waals surface area contributed by atoms with Crippen molar-refractivity contribution in [3.63, 3.8) is 0 Å². The Balaban J connectivity index is 1.37. The zero-order valence-corrected chi connectivity index (χ0v) is 15.6. The summed E-state index contributed by atoms with van der Waals surface area (Å²) < 4.78 is 46.4. The molecule has 0 spiro atoms. The maximum Gasteiger partial charge on any atom is 0.433 e. The molecule has 4 heterocycles. The summed E-state index contributed by atoms with van der Waals surface area (Å²) >= 11 is 0. The second-order valence-electron chi connectivity index (χ2n) is 7.29. The number of likely N-dealkylation sites (tertiary alicyclic amines) is 1. The summed E-state index contributed by atoms with van der Waals surface area (Å²) in [6, 6.07) is 0.516. The Morgan fingerprint density at radius 2 is 2.00 bits per heavy atom. The van der Waals surface area contributed by atoms with E-state index in [0.29, 0.717) is 50.0 Å². The van der Waals surface area contributed by atoms with E-state index >= 15 is 0 Å². The van der Waals surface area contributed by atoms with E-state index in [1.807, 2.05) is 0 Å². The molecular weight excluding hydrogens is 391 g/mol. The molecule has 2 aromatic rings. The standard InChI is InChI=1S/C18H20F3N5O3/c19-18(20,21)14-8-15(27)25(11-22-14)10-12-2-5-24(6-3-12)16(28)13-9-23-26-4-1-7-29-17(13)26/h8-9,11-12H,1-7,10H2. The molecular formula is C18H20F3N5O3. The van der Waals surface area contributed by atoms with E-state index in [-0.39, 0.29) is 18.4 Å². The van der Waals surface area contributed by atoms with E-state index in [0.717, 1.165) is 19.3 Å². The predicted molar refractivity (Wildman–Crippen MR) is 94.5 cm³/mol. The van der Waals surface area contributed by atoms with Gasteiger partial charge in [-0.25, -0.2) is 9.67 Å². The molecule has 0 radical (unpaired) electrons. The molecule has 2 aromatic heterocycles. The van der Waals surface area contributed by atoms with Crippen molar-refractivity contribution in [1.82, 2.24) is 24.2 Å². The first kappa shape index (κ1) is 19.5. The van der Waals surface area contributed by atoms with Gasteiger partial charge in [0.15, 0.2) is 5.69 Å². The van der Waals surface area contributed by atoms with Crippen LogP contribution in [0.5, 0.6) is 5.88 Å². The van der Waals surface area contributed by atoms with Gasteiger partial charge in [0.2, 0.25) is 5.88 Å². The number of nitrogens with zero attached hydrogens (tertiary/aromatic N) is 5. The van der Waals surface area contributed by atoms with Crippen LogP contribution < -0.4 is 10.3 Å². The Kier molecular flexibility index (Phi) is 5.05. The van der Waals surface area contributed by atoms with E-state index < -0.39 is 17.4 Å². The van der Waals surface area contributed by atoms with Crippen LogP contribution in [-0.2, 0) is 19.3 Å². The molecule has 1 amide bonds. The number of amides is 1. The third-order valence-electron chi connectivity index (χ3n) is 5.30. The number of ether oxygens (including phenoxy) is 1. The van der Waals surface area contributed by atoms with E-state index in [4.69, 9.17) is 4.74 Å². The van der Waals surface area contributed by atoms with Gasteiger partial charge in [-0.05, 0) is 18.8 Å². The summed E-state index contributed by atoms with van der Waals surface area (Å²) in [4.78, 5) is 29.8. The minimum Gasteiger partial charge on any atom is -0.477 e. The molecule has 0 aliphatic carbocycles. The molecule has 11 heteroatoms. The van der Waals surface area contributed by atoms with E-state index in [2.05, 4.69) is 10.1 Å². The number of hydrogen-bond donors (Lipinski definition) is 0. The largest absolute Gasteiger partial charge is 0.477 e. The third kappa shape index (κ3) is 3.99. The molecule has 0 saturated carbocycles. The number of piperidine rings is 1. The molecule has 0 aromatic carbocycles. The highest BCUT2D eigenvalue weighted by Crippen LogP contribution is 2.27. The number of carbonyl (C=O) groups is 1. The molecule has 0 bridgehead atoms. The van der Waals surface area contributed by atoms with E-state index in [1.165, 1.54) is 10.8 Å². The van der Waals surface area contributed by atoms with Crippen LogP contribution in [-0.4, -0.2) is 49.8 Å². The van der Waals surface area contributed by atoms with Crippen molar-refractivity contribution >= 4 is 5.91 Å². The summed E-state index contributed by atoms with van der Waals surface area (Å²) in [7, 11) is 0. The lowest BCUT2D eigenvalue weighted by Gasteiger charge is -2.32. The quantitative estimate of drug-likeness (QED) is 0.769. The fourth-order valence-electron chi connectivity index (χ4n) is 3.70. The van der Waals surface area contributed by atoms with Crippen molar-refractivity contribution in [2.24, 2.45) is 5.92 Å². The topological polar surface area (TPSA) is 82.2 Å². The lowest BCUT2D eigenvalue weighted by Crippen LogP contribution is -2.40. The summed E-state index contributed by atoms with van der Waals surface area (Å²) in [6.45, 7) is 2.55.